The number of carbonyl (C=O) groups is 2. The number of allylic oxidation sites excluding steroid dienone is 1. The number of H-pyrrole nitrogens is 1. The zero-order valence-corrected chi connectivity index (χ0v) is 16.2. The Morgan fingerprint density at radius 2 is 2.04 bits per heavy atom. The number of likely N-dealkylation sites (N-methyl/N-ethyl adjacent to an activating group) is 1. The van der Waals surface area contributed by atoms with Crippen LogP contribution in [0.25, 0.3) is 0 Å². The normalized spacial score (nSPS) is 19.6. The largest absolute Gasteiger partial charge is 0.355 e. The van der Waals surface area contributed by atoms with Gasteiger partial charge in [0.2, 0.25) is 5.91 Å². The van der Waals surface area contributed by atoms with E-state index >= 15 is 0 Å². The third kappa shape index (κ3) is 5.16. The molecule has 148 valence electrons. The van der Waals surface area contributed by atoms with Gasteiger partial charge in [-0.3, -0.25) is 24.3 Å². The molecule has 9 nitrogen and oxygen atoms in total. The van der Waals surface area contributed by atoms with Crippen LogP contribution in [-0.4, -0.2) is 58.0 Å². The molecule has 0 unspecified atom stereocenters. The maximum atomic E-state index is 12.5. The number of amides is 2. The predicted molar refractivity (Wildman–Crippen MR) is 102 cm³/mol. The van der Waals surface area contributed by atoms with E-state index < -0.39 is 17.2 Å². The van der Waals surface area contributed by atoms with Crippen molar-refractivity contribution in [1.29, 1.82) is 0 Å². The summed E-state index contributed by atoms with van der Waals surface area (Å²) in [5, 5.41) is 5.64. The number of aromatic nitrogens is 2. The Morgan fingerprint density at radius 3 is 2.67 bits per heavy atom. The summed E-state index contributed by atoms with van der Waals surface area (Å²) in [7, 11) is 1.46. The number of hydrogen-bond donors (Lipinski definition) is 3. The van der Waals surface area contributed by atoms with Gasteiger partial charge < -0.3 is 15.2 Å². The first-order valence-corrected chi connectivity index (χ1v) is 8.98. The van der Waals surface area contributed by atoms with Crippen LogP contribution < -0.4 is 21.9 Å². The number of likely N-dealkylation sites (tertiary alicyclic amines) is 1. The monoisotopic (exact) mass is 377 g/mol. The molecule has 0 spiro atoms. The molecule has 9 heteroatoms. The maximum Gasteiger partial charge on any atom is 0.328 e. The zero-order chi connectivity index (χ0) is 20.1. The quantitative estimate of drug-likeness (QED) is 0.570. The first-order chi connectivity index (χ1) is 12.7. The highest BCUT2D eigenvalue weighted by Crippen LogP contribution is 2.19. The molecule has 1 aliphatic rings. The Kier molecular flexibility index (Phi) is 6.73. The number of hydrogen-bond acceptors (Lipinski definition) is 5. The van der Waals surface area contributed by atoms with Gasteiger partial charge in [-0.2, -0.15) is 0 Å². The van der Waals surface area contributed by atoms with Crippen LogP contribution >= 0.6 is 0 Å². The van der Waals surface area contributed by atoms with Gasteiger partial charge in [-0.1, -0.05) is 11.6 Å². The molecular weight excluding hydrogens is 350 g/mol. The van der Waals surface area contributed by atoms with Crippen LogP contribution in [-0.2, 0) is 11.8 Å². The number of nitrogens with one attached hydrogen (secondary N) is 3. The summed E-state index contributed by atoms with van der Waals surface area (Å²) in [5.74, 6) is -0.632. The van der Waals surface area contributed by atoms with Crippen molar-refractivity contribution in [3.63, 3.8) is 0 Å². The molecule has 2 heterocycles. The van der Waals surface area contributed by atoms with E-state index in [9.17, 15) is 19.2 Å². The van der Waals surface area contributed by atoms with Gasteiger partial charge in [0, 0.05) is 38.9 Å². The minimum absolute atomic E-state index is 0.0728. The molecule has 0 aromatic carbocycles. The van der Waals surface area contributed by atoms with Gasteiger partial charge >= 0.3 is 5.69 Å². The van der Waals surface area contributed by atoms with Gasteiger partial charge in [-0.25, -0.2) is 4.79 Å². The van der Waals surface area contributed by atoms with Crippen molar-refractivity contribution < 1.29 is 9.59 Å². The van der Waals surface area contributed by atoms with Crippen LogP contribution in [0.5, 0.6) is 0 Å². The molecule has 1 aromatic rings. The van der Waals surface area contributed by atoms with Crippen molar-refractivity contribution in [2.24, 2.45) is 7.05 Å². The third-order valence-corrected chi connectivity index (χ3v) is 4.48. The highest BCUT2D eigenvalue weighted by Gasteiger charge is 2.37. The number of rotatable bonds is 6. The summed E-state index contributed by atoms with van der Waals surface area (Å²) in [6.07, 6.45) is 3.71. The van der Waals surface area contributed by atoms with E-state index in [1.807, 2.05) is 31.7 Å². The molecule has 0 aliphatic carbocycles. The second-order valence-electron chi connectivity index (χ2n) is 6.96. The SMILES string of the molecule is CCNC(=O)[C@@H]1C[C@H](NC(=O)c2cn(C)c(=O)[nH]c2=O)CN1CC=C(C)C. The van der Waals surface area contributed by atoms with Crippen LogP contribution in [0.4, 0.5) is 0 Å². The average molecular weight is 377 g/mol. The minimum Gasteiger partial charge on any atom is -0.355 e. The summed E-state index contributed by atoms with van der Waals surface area (Å²) >= 11 is 0. The predicted octanol–water partition coefficient (Wildman–Crippen LogP) is -0.651. The highest BCUT2D eigenvalue weighted by molar-refractivity contribution is 5.93. The van der Waals surface area contributed by atoms with Crippen molar-refractivity contribution in [3.05, 3.63) is 44.2 Å². The van der Waals surface area contributed by atoms with Gasteiger partial charge in [0.25, 0.3) is 11.5 Å². The van der Waals surface area contributed by atoms with E-state index in [4.69, 9.17) is 0 Å². The lowest BCUT2D eigenvalue weighted by Crippen LogP contribution is -2.43. The van der Waals surface area contributed by atoms with E-state index in [0.717, 1.165) is 10.1 Å². The lowest BCUT2D eigenvalue weighted by atomic mass is 10.1. The van der Waals surface area contributed by atoms with Gasteiger partial charge in [0.1, 0.15) is 5.56 Å². The molecule has 2 amide bonds. The fourth-order valence-corrected chi connectivity index (χ4v) is 3.06. The van der Waals surface area contributed by atoms with Crippen LogP contribution in [0.2, 0.25) is 0 Å². The highest BCUT2D eigenvalue weighted by atomic mass is 16.2. The second kappa shape index (κ2) is 8.81. The molecule has 2 atom stereocenters. The fraction of sp³-hybridized carbons (Fsp3) is 0.556. The van der Waals surface area contributed by atoms with Crippen LogP contribution in [0.15, 0.2) is 27.4 Å². The first kappa shape index (κ1) is 20.6. The Balaban J connectivity index is 2.14. The molecule has 1 aliphatic heterocycles. The van der Waals surface area contributed by atoms with Gasteiger partial charge in [-0.15, -0.1) is 0 Å². The molecule has 27 heavy (non-hydrogen) atoms. The smallest absolute Gasteiger partial charge is 0.328 e. The standard InChI is InChI=1S/C18H27N5O4/c1-5-19-17(26)14-8-12(9-23(14)7-6-11(2)3)20-15(24)13-10-22(4)18(27)21-16(13)25/h6,10,12,14H,5,7-9H2,1-4H3,(H,19,26)(H,20,24)(H,21,25,27)/t12-,14-/m0/s1. The molecule has 0 saturated carbocycles. The van der Waals surface area contributed by atoms with Crippen LogP contribution in [0.1, 0.15) is 37.6 Å². The van der Waals surface area contributed by atoms with E-state index in [1.165, 1.54) is 13.2 Å². The van der Waals surface area contributed by atoms with Crippen LogP contribution in [0, 0.1) is 0 Å². The summed E-state index contributed by atoms with van der Waals surface area (Å²) in [5.41, 5.74) is -0.292. The number of carbonyl (C=O) groups excluding carboxylic acids is 2. The minimum atomic E-state index is -0.727. The fourth-order valence-electron chi connectivity index (χ4n) is 3.06. The van der Waals surface area contributed by atoms with E-state index in [1.54, 1.807) is 0 Å². The first-order valence-electron chi connectivity index (χ1n) is 8.98. The van der Waals surface area contributed by atoms with Crippen molar-refractivity contribution in [3.8, 4) is 0 Å². The lowest BCUT2D eigenvalue weighted by molar-refractivity contribution is -0.125. The summed E-state index contributed by atoms with van der Waals surface area (Å²) < 4.78 is 1.14. The summed E-state index contributed by atoms with van der Waals surface area (Å²) in [4.78, 5) is 52.3. The topological polar surface area (TPSA) is 116 Å². The third-order valence-electron chi connectivity index (χ3n) is 4.48. The Morgan fingerprint density at radius 1 is 1.33 bits per heavy atom. The number of nitrogens with zero attached hydrogens (tertiary/aromatic N) is 2. The van der Waals surface area contributed by atoms with Gasteiger partial charge in [-0.05, 0) is 27.2 Å². The van der Waals surface area contributed by atoms with E-state index in [0.29, 0.717) is 26.1 Å². The number of aromatic amines is 1. The Hall–Kier alpha value is -2.68. The van der Waals surface area contributed by atoms with E-state index in [-0.39, 0.29) is 23.6 Å². The second-order valence-corrected chi connectivity index (χ2v) is 6.96. The number of aryl methyl sites for hydroxylation is 1. The van der Waals surface area contributed by atoms with Gasteiger partial charge in [0.15, 0.2) is 0 Å². The lowest BCUT2D eigenvalue weighted by Gasteiger charge is -2.21. The molecule has 1 saturated heterocycles. The average Bonchev–Trinajstić information content (AvgIpc) is 2.99. The van der Waals surface area contributed by atoms with Gasteiger partial charge in [0.05, 0.1) is 6.04 Å². The summed E-state index contributed by atoms with van der Waals surface area (Å²) in [6, 6.07) is -0.614. The van der Waals surface area contributed by atoms with Crippen LogP contribution in [0.3, 0.4) is 0 Å². The van der Waals surface area contributed by atoms with E-state index in [2.05, 4.69) is 15.6 Å². The summed E-state index contributed by atoms with van der Waals surface area (Å²) in [6.45, 7) is 7.48. The Labute approximate surface area is 157 Å². The molecule has 3 N–H and O–H groups in total. The Bertz CT molecular complexity index is 850. The molecule has 1 fully saturated rings. The maximum absolute atomic E-state index is 12.5. The molecule has 2 rings (SSSR count). The zero-order valence-electron chi connectivity index (χ0n) is 16.2. The van der Waals surface area contributed by atoms with Crippen molar-refractivity contribution in [2.45, 2.75) is 39.3 Å². The van der Waals surface area contributed by atoms with Crippen molar-refractivity contribution >= 4 is 11.8 Å². The molecular formula is C18H27N5O4. The van der Waals surface area contributed by atoms with Crippen molar-refractivity contribution in [1.82, 2.24) is 25.1 Å². The molecule has 0 radical (unpaired) electrons. The van der Waals surface area contributed by atoms with Crippen molar-refractivity contribution in [2.75, 3.05) is 19.6 Å². The molecule has 1 aromatic heterocycles. The molecule has 0 bridgehead atoms.